The van der Waals surface area contributed by atoms with E-state index in [1.54, 1.807) is 6.92 Å². The molecule has 1 saturated heterocycles. The van der Waals surface area contributed by atoms with E-state index in [0.717, 1.165) is 0 Å². The van der Waals surface area contributed by atoms with Gasteiger partial charge < -0.3 is 24.6 Å². The van der Waals surface area contributed by atoms with Gasteiger partial charge in [0.05, 0.1) is 18.8 Å². The molecular weight excluding hydrogens is 314 g/mol. The number of aliphatic hydroxyl groups is 1. The first kappa shape index (κ1) is 20.9. The molecule has 1 aliphatic rings. The van der Waals surface area contributed by atoms with Gasteiger partial charge in [0.2, 0.25) is 0 Å². The molecule has 0 aromatic rings. The van der Waals surface area contributed by atoms with Gasteiger partial charge in [-0.3, -0.25) is 0 Å². The Balaban J connectivity index is 0.000000626. The van der Waals surface area contributed by atoms with Crippen molar-refractivity contribution >= 4 is 23.1 Å². The Kier molecular flexibility index (Phi) is 9.39. The minimum Gasteiger partial charge on any atom is -0.454 e. The van der Waals surface area contributed by atoms with E-state index < -0.39 is 22.7 Å². The third-order valence-electron chi connectivity index (χ3n) is 2.78. The van der Waals surface area contributed by atoms with Crippen LogP contribution in [0, 0.1) is 0 Å². The fourth-order valence-electron chi connectivity index (χ4n) is 1.72. The summed E-state index contributed by atoms with van der Waals surface area (Å²) < 4.78 is 14.5. The topological polar surface area (TPSA) is 94.1 Å². The first-order valence-corrected chi connectivity index (χ1v) is 7.54. The number of halogens is 1. The van der Waals surface area contributed by atoms with Crippen molar-refractivity contribution in [1.82, 2.24) is 5.32 Å². The zero-order valence-electron chi connectivity index (χ0n) is 13.6. The van der Waals surface area contributed by atoms with Crippen molar-refractivity contribution in [2.45, 2.75) is 51.7 Å². The van der Waals surface area contributed by atoms with E-state index in [-0.39, 0.29) is 6.61 Å². The largest absolute Gasteiger partial charge is 0.454 e. The Morgan fingerprint density at radius 2 is 1.86 bits per heavy atom. The normalized spacial score (nSPS) is 16.8. The molecule has 22 heavy (non-hydrogen) atoms. The SMILES string of the molecule is CC(C)(C)OC(=O)NC1(CO)CCOCC1.CCOC(=O)Cl. The van der Waals surface area contributed by atoms with Gasteiger partial charge >= 0.3 is 11.5 Å². The molecule has 0 bridgehead atoms. The minimum absolute atomic E-state index is 0.0877. The fourth-order valence-corrected chi connectivity index (χ4v) is 1.83. The number of nitrogens with one attached hydrogen (secondary N) is 1. The Labute approximate surface area is 136 Å². The van der Waals surface area contributed by atoms with Crippen LogP contribution in [0.2, 0.25) is 0 Å². The number of rotatable bonds is 3. The second-order valence-corrected chi connectivity index (χ2v) is 6.16. The Morgan fingerprint density at radius 1 is 1.32 bits per heavy atom. The summed E-state index contributed by atoms with van der Waals surface area (Å²) in [5, 5.41) is 12.1. The van der Waals surface area contributed by atoms with E-state index in [1.165, 1.54) is 0 Å². The highest BCUT2D eigenvalue weighted by Gasteiger charge is 2.34. The van der Waals surface area contributed by atoms with Gasteiger partial charge in [0.1, 0.15) is 5.60 Å². The number of alkyl carbamates (subject to hydrolysis) is 1. The summed E-state index contributed by atoms with van der Waals surface area (Å²) >= 11 is 4.72. The maximum Gasteiger partial charge on any atom is 0.408 e. The lowest BCUT2D eigenvalue weighted by atomic mass is 9.91. The van der Waals surface area contributed by atoms with Crippen LogP contribution in [0.15, 0.2) is 0 Å². The highest BCUT2D eigenvalue weighted by atomic mass is 35.5. The third kappa shape index (κ3) is 9.81. The molecule has 1 fully saturated rings. The number of amides is 1. The molecule has 1 amide bonds. The molecule has 1 heterocycles. The number of aliphatic hydroxyl groups excluding tert-OH is 1. The summed E-state index contributed by atoms with van der Waals surface area (Å²) in [4.78, 5) is 21.2. The average molecular weight is 340 g/mol. The summed E-state index contributed by atoms with van der Waals surface area (Å²) in [6.45, 7) is 8.48. The Hall–Kier alpha value is -1.05. The van der Waals surface area contributed by atoms with Gasteiger partial charge in [-0.25, -0.2) is 9.59 Å². The molecular formula is C14H26ClNO6. The third-order valence-corrected chi connectivity index (χ3v) is 2.89. The number of hydrogen-bond donors (Lipinski definition) is 2. The number of hydrogen-bond acceptors (Lipinski definition) is 6. The van der Waals surface area contributed by atoms with E-state index in [1.807, 2.05) is 20.8 Å². The van der Waals surface area contributed by atoms with E-state index in [9.17, 15) is 14.7 Å². The highest BCUT2D eigenvalue weighted by molar-refractivity contribution is 6.61. The van der Waals surface area contributed by atoms with Gasteiger partial charge in [-0.2, -0.15) is 0 Å². The van der Waals surface area contributed by atoms with Crippen LogP contribution in [0.1, 0.15) is 40.5 Å². The lowest BCUT2D eigenvalue weighted by molar-refractivity contribution is -0.00126. The Bertz CT molecular complexity index is 350. The molecule has 8 heteroatoms. The summed E-state index contributed by atoms with van der Waals surface area (Å²) in [7, 11) is 0. The first-order chi connectivity index (χ1) is 10.1. The summed E-state index contributed by atoms with van der Waals surface area (Å²) in [6, 6.07) is 0. The van der Waals surface area contributed by atoms with Crippen molar-refractivity contribution in [2.75, 3.05) is 26.4 Å². The molecule has 0 aromatic heterocycles. The van der Waals surface area contributed by atoms with E-state index in [0.29, 0.717) is 32.7 Å². The molecule has 130 valence electrons. The molecule has 0 unspecified atom stereocenters. The van der Waals surface area contributed by atoms with Crippen LogP contribution in [0.3, 0.4) is 0 Å². The highest BCUT2D eigenvalue weighted by Crippen LogP contribution is 2.20. The molecule has 0 saturated carbocycles. The molecule has 0 spiro atoms. The molecule has 0 radical (unpaired) electrons. The van der Waals surface area contributed by atoms with Gasteiger partial charge in [-0.05, 0) is 40.5 Å². The number of ether oxygens (including phenoxy) is 3. The minimum atomic E-state index is -0.738. The van der Waals surface area contributed by atoms with Crippen LogP contribution < -0.4 is 5.32 Å². The summed E-state index contributed by atoms with van der Waals surface area (Å²) in [5.74, 6) is 0. The van der Waals surface area contributed by atoms with E-state index >= 15 is 0 Å². The first-order valence-electron chi connectivity index (χ1n) is 7.16. The van der Waals surface area contributed by atoms with Crippen LogP contribution >= 0.6 is 11.6 Å². The zero-order chi connectivity index (χ0) is 17.2. The van der Waals surface area contributed by atoms with Crippen LogP contribution in [0.25, 0.3) is 0 Å². The lowest BCUT2D eigenvalue weighted by Gasteiger charge is -2.36. The van der Waals surface area contributed by atoms with Crippen molar-refractivity contribution in [3.05, 3.63) is 0 Å². The fraction of sp³-hybridized carbons (Fsp3) is 0.857. The maximum atomic E-state index is 11.6. The molecule has 1 rings (SSSR count). The zero-order valence-corrected chi connectivity index (χ0v) is 14.4. The molecule has 1 aliphatic heterocycles. The number of carbonyl (C=O) groups is 2. The van der Waals surface area contributed by atoms with Crippen LogP contribution in [0.5, 0.6) is 0 Å². The van der Waals surface area contributed by atoms with Crippen LogP contribution in [-0.4, -0.2) is 54.2 Å². The predicted octanol–water partition coefficient (Wildman–Crippen LogP) is 2.43. The molecule has 0 aliphatic carbocycles. The van der Waals surface area contributed by atoms with Gasteiger partial charge in [0, 0.05) is 24.8 Å². The molecule has 2 N–H and O–H groups in total. The van der Waals surface area contributed by atoms with Gasteiger partial charge in [0.25, 0.3) is 0 Å². The van der Waals surface area contributed by atoms with Crippen molar-refractivity contribution in [3.63, 3.8) is 0 Å². The second kappa shape index (κ2) is 9.86. The molecule has 0 atom stereocenters. The smallest absolute Gasteiger partial charge is 0.408 e. The standard InChI is InChI=1S/C11H21NO4.C3H5ClO2/c1-10(2,3)16-9(14)12-11(8-13)4-6-15-7-5-11;1-2-6-3(4)5/h13H,4-8H2,1-3H3,(H,12,14);2H2,1H3. The monoisotopic (exact) mass is 339 g/mol. The lowest BCUT2D eigenvalue weighted by Crippen LogP contribution is -2.55. The predicted molar refractivity (Wildman–Crippen MR) is 82.1 cm³/mol. The van der Waals surface area contributed by atoms with E-state index in [2.05, 4.69) is 10.1 Å². The van der Waals surface area contributed by atoms with Gasteiger partial charge in [0.15, 0.2) is 0 Å². The second-order valence-electron chi connectivity index (χ2n) is 5.85. The molecule has 0 aromatic carbocycles. The van der Waals surface area contributed by atoms with E-state index in [4.69, 9.17) is 21.1 Å². The van der Waals surface area contributed by atoms with Gasteiger partial charge in [-0.15, -0.1) is 0 Å². The van der Waals surface area contributed by atoms with Crippen LogP contribution in [-0.2, 0) is 14.2 Å². The van der Waals surface area contributed by atoms with Crippen molar-refractivity contribution < 1.29 is 28.9 Å². The summed E-state index contributed by atoms with van der Waals surface area (Å²) in [6.07, 6.45) is 0.745. The number of carbonyl (C=O) groups excluding carboxylic acids is 2. The van der Waals surface area contributed by atoms with Crippen molar-refractivity contribution in [3.8, 4) is 0 Å². The quantitative estimate of drug-likeness (QED) is 0.767. The summed E-state index contributed by atoms with van der Waals surface area (Å²) in [5.41, 5.74) is -1.84. The maximum absolute atomic E-state index is 11.6. The van der Waals surface area contributed by atoms with Crippen molar-refractivity contribution in [1.29, 1.82) is 0 Å². The Morgan fingerprint density at radius 3 is 2.18 bits per heavy atom. The van der Waals surface area contributed by atoms with Crippen molar-refractivity contribution in [2.24, 2.45) is 0 Å². The van der Waals surface area contributed by atoms with Gasteiger partial charge in [-0.1, -0.05) is 0 Å². The average Bonchev–Trinajstić information content (AvgIpc) is 2.38. The molecule has 7 nitrogen and oxygen atoms in total. The van der Waals surface area contributed by atoms with Crippen LogP contribution in [0.4, 0.5) is 9.59 Å².